The molecule has 0 aliphatic carbocycles. The van der Waals surface area contributed by atoms with Crippen LogP contribution < -0.4 is 0 Å². The van der Waals surface area contributed by atoms with Gasteiger partial charge in [0.25, 0.3) is 0 Å². The van der Waals surface area contributed by atoms with Gasteiger partial charge in [0.05, 0.1) is 0 Å². The van der Waals surface area contributed by atoms with Crippen LogP contribution in [0.15, 0.2) is 23.8 Å². The maximum Gasteiger partial charge on any atom is 0.184 e. The van der Waals surface area contributed by atoms with Gasteiger partial charge in [0.1, 0.15) is 11.5 Å². The van der Waals surface area contributed by atoms with Gasteiger partial charge in [-0.2, -0.15) is 0 Å². The van der Waals surface area contributed by atoms with Crippen molar-refractivity contribution in [1.82, 2.24) is 0 Å². The van der Waals surface area contributed by atoms with Crippen molar-refractivity contribution in [1.29, 1.82) is 5.41 Å². The minimum atomic E-state index is 0.135. The normalized spacial score (nSPS) is 9.75. The van der Waals surface area contributed by atoms with E-state index >= 15 is 0 Å². The molecule has 0 bridgehead atoms. The molecule has 0 saturated heterocycles. The third-order valence-electron chi connectivity index (χ3n) is 2.18. The SMILES string of the molecule is CC(=N)OC(=C(C)C)c1ccc(C)c(O)c1. The molecule has 0 spiro atoms. The highest BCUT2D eigenvalue weighted by Crippen LogP contribution is 2.25. The average molecular weight is 219 g/mol. The second-order valence-electron chi connectivity index (χ2n) is 3.99. The van der Waals surface area contributed by atoms with E-state index < -0.39 is 0 Å². The fourth-order valence-corrected chi connectivity index (χ4v) is 1.35. The summed E-state index contributed by atoms with van der Waals surface area (Å²) in [4.78, 5) is 0. The van der Waals surface area contributed by atoms with Crippen LogP contribution >= 0.6 is 0 Å². The predicted molar refractivity (Wildman–Crippen MR) is 65.6 cm³/mol. The van der Waals surface area contributed by atoms with Crippen LogP contribution in [0.5, 0.6) is 5.75 Å². The molecule has 3 nitrogen and oxygen atoms in total. The molecule has 0 aromatic heterocycles. The molecule has 0 saturated carbocycles. The molecule has 2 N–H and O–H groups in total. The highest BCUT2D eigenvalue weighted by molar-refractivity contribution is 5.79. The lowest BCUT2D eigenvalue weighted by molar-refractivity contribution is 0.467. The first-order valence-corrected chi connectivity index (χ1v) is 5.12. The first kappa shape index (κ1) is 12.3. The third kappa shape index (κ3) is 2.86. The summed E-state index contributed by atoms with van der Waals surface area (Å²) in [5.41, 5.74) is 2.58. The van der Waals surface area contributed by atoms with Crippen molar-refractivity contribution in [3.63, 3.8) is 0 Å². The molecule has 1 aromatic rings. The number of benzene rings is 1. The average Bonchev–Trinajstić information content (AvgIpc) is 2.18. The van der Waals surface area contributed by atoms with Crippen molar-refractivity contribution in [2.45, 2.75) is 27.7 Å². The van der Waals surface area contributed by atoms with Gasteiger partial charge in [0, 0.05) is 12.5 Å². The molecule has 0 aliphatic rings. The van der Waals surface area contributed by atoms with E-state index in [1.165, 1.54) is 0 Å². The number of allylic oxidation sites excluding steroid dienone is 1. The molecule has 0 fully saturated rings. The fraction of sp³-hybridized carbons (Fsp3) is 0.308. The molecule has 0 aliphatic heterocycles. The number of hydrogen-bond acceptors (Lipinski definition) is 3. The van der Waals surface area contributed by atoms with Gasteiger partial charge in [-0.25, -0.2) is 0 Å². The second-order valence-corrected chi connectivity index (χ2v) is 3.99. The Hall–Kier alpha value is -1.77. The number of rotatable bonds is 2. The summed E-state index contributed by atoms with van der Waals surface area (Å²) in [6.45, 7) is 7.24. The molecule has 0 radical (unpaired) electrons. The minimum Gasteiger partial charge on any atom is -0.508 e. The van der Waals surface area contributed by atoms with Crippen molar-refractivity contribution in [3.8, 4) is 5.75 Å². The van der Waals surface area contributed by atoms with Crippen LogP contribution in [-0.2, 0) is 4.74 Å². The van der Waals surface area contributed by atoms with Crippen LogP contribution in [0.2, 0.25) is 0 Å². The van der Waals surface area contributed by atoms with E-state index in [9.17, 15) is 5.11 Å². The number of phenols is 1. The van der Waals surface area contributed by atoms with E-state index in [4.69, 9.17) is 10.1 Å². The first-order chi connectivity index (χ1) is 7.41. The molecule has 0 unspecified atom stereocenters. The Kier molecular flexibility index (Phi) is 3.72. The summed E-state index contributed by atoms with van der Waals surface area (Å²) < 4.78 is 5.34. The quantitative estimate of drug-likeness (QED) is 0.454. The van der Waals surface area contributed by atoms with Crippen molar-refractivity contribution in [2.24, 2.45) is 0 Å². The predicted octanol–water partition coefficient (Wildman–Crippen LogP) is 3.47. The van der Waals surface area contributed by atoms with Gasteiger partial charge in [0.15, 0.2) is 5.90 Å². The Morgan fingerprint density at radius 1 is 1.25 bits per heavy atom. The zero-order valence-electron chi connectivity index (χ0n) is 10.1. The van der Waals surface area contributed by atoms with E-state index in [2.05, 4.69) is 0 Å². The molecular weight excluding hydrogens is 202 g/mol. The fourth-order valence-electron chi connectivity index (χ4n) is 1.35. The van der Waals surface area contributed by atoms with E-state index in [0.717, 1.165) is 16.7 Å². The van der Waals surface area contributed by atoms with E-state index in [-0.39, 0.29) is 11.6 Å². The summed E-state index contributed by atoms with van der Waals surface area (Å²) >= 11 is 0. The Balaban J connectivity index is 3.18. The lowest BCUT2D eigenvalue weighted by atomic mass is 10.1. The van der Waals surface area contributed by atoms with Gasteiger partial charge in [-0.1, -0.05) is 12.1 Å². The summed E-state index contributed by atoms with van der Waals surface area (Å²) in [5.74, 6) is 1.00. The van der Waals surface area contributed by atoms with Gasteiger partial charge in [-0.15, -0.1) is 0 Å². The van der Waals surface area contributed by atoms with Crippen LogP contribution in [0.1, 0.15) is 31.9 Å². The number of nitrogens with one attached hydrogen (secondary N) is 1. The number of aryl methyl sites for hydroxylation is 1. The number of ether oxygens (including phenoxy) is 1. The molecule has 3 heteroatoms. The van der Waals surface area contributed by atoms with Crippen LogP contribution in [0.25, 0.3) is 5.76 Å². The van der Waals surface area contributed by atoms with E-state index in [0.29, 0.717) is 5.76 Å². The highest BCUT2D eigenvalue weighted by Gasteiger charge is 2.08. The Morgan fingerprint density at radius 3 is 2.31 bits per heavy atom. The molecule has 1 aromatic carbocycles. The Morgan fingerprint density at radius 2 is 1.88 bits per heavy atom. The Labute approximate surface area is 95.9 Å². The minimum absolute atomic E-state index is 0.135. The Bertz CT molecular complexity index is 443. The summed E-state index contributed by atoms with van der Waals surface area (Å²) in [7, 11) is 0. The molecule has 86 valence electrons. The maximum atomic E-state index is 9.63. The van der Waals surface area contributed by atoms with Crippen LogP contribution in [0.3, 0.4) is 0 Å². The van der Waals surface area contributed by atoms with Gasteiger partial charge in [0.2, 0.25) is 0 Å². The maximum absolute atomic E-state index is 9.63. The number of aromatic hydroxyl groups is 1. The molecule has 0 heterocycles. The number of phenolic OH excluding ortho intramolecular Hbond substituents is 1. The standard InChI is InChI=1S/C13H17NO2/c1-8(2)13(16-10(4)14)11-6-5-9(3)12(15)7-11/h5-7,14-15H,1-4H3. The molecule has 0 atom stereocenters. The van der Waals surface area contributed by atoms with E-state index in [1.807, 2.05) is 32.9 Å². The van der Waals surface area contributed by atoms with Crippen molar-refractivity contribution < 1.29 is 9.84 Å². The lowest BCUT2D eigenvalue weighted by Crippen LogP contribution is -1.99. The summed E-state index contributed by atoms with van der Waals surface area (Å²) in [6, 6.07) is 5.36. The highest BCUT2D eigenvalue weighted by atomic mass is 16.5. The van der Waals surface area contributed by atoms with Crippen molar-refractivity contribution >= 4 is 11.7 Å². The first-order valence-electron chi connectivity index (χ1n) is 5.12. The molecular formula is C13H17NO2. The monoisotopic (exact) mass is 219 g/mol. The summed E-state index contributed by atoms with van der Waals surface area (Å²) in [5, 5.41) is 17.0. The summed E-state index contributed by atoms with van der Waals surface area (Å²) in [6.07, 6.45) is 0. The smallest absolute Gasteiger partial charge is 0.184 e. The van der Waals surface area contributed by atoms with Gasteiger partial charge in [-0.05, 0) is 38.0 Å². The van der Waals surface area contributed by atoms with Gasteiger partial charge >= 0.3 is 0 Å². The molecule has 16 heavy (non-hydrogen) atoms. The molecule has 0 amide bonds. The van der Waals surface area contributed by atoms with Crippen molar-refractivity contribution in [2.75, 3.05) is 0 Å². The second kappa shape index (κ2) is 4.84. The third-order valence-corrected chi connectivity index (χ3v) is 2.18. The molecule has 1 rings (SSSR count). The van der Waals surface area contributed by atoms with Crippen LogP contribution in [-0.4, -0.2) is 11.0 Å². The van der Waals surface area contributed by atoms with E-state index in [1.54, 1.807) is 13.0 Å². The van der Waals surface area contributed by atoms with Gasteiger partial charge in [-0.3, -0.25) is 5.41 Å². The van der Waals surface area contributed by atoms with Crippen LogP contribution in [0, 0.1) is 12.3 Å². The van der Waals surface area contributed by atoms with Gasteiger partial charge < -0.3 is 9.84 Å². The van der Waals surface area contributed by atoms with Crippen LogP contribution in [0.4, 0.5) is 0 Å². The van der Waals surface area contributed by atoms with Crippen molar-refractivity contribution in [3.05, 3.63) is 34.9 Å². The zero-order valence-corrected chi connectivity index (χ0v) is 10.1. The number of hydrogen-bond donors (Lipinski definition) is 2. The topological polar surface area (TPSA) is 53.3 Å². The largest absolute Gasteiger partial charge is 0.508 e. The zero-order chi connectivity index (χ0) is 12.3. The lowest BCUT2D eigenvalue weighted by Gasteiger charge is -2.12.